The first-order valence-electron chi connectivity index (χ1n) is 5.42. The van der Waals surface area contributed by atoms with Gasteiger partial charge in [0.25, 0.3) is 0 Å². The molecule has 0 aliphatic heterocycles. The number of para-hydroxylation sites is 1. The van der Waals surface area contributed by atoms with Crippen LogP contribution in [0.2, 0.25) is 0 Å². The van der Waals surface area contributed by atoms with Crippen LogP contribution in [0.5, 0.6) is 0 Å². The summed E-state index contributed by atoms with van der Waals surface area (Å²) < 4.78 is 0. The maximum atomic E-state index is 9.07. The molecule has 86 valence electrons. The van der Waals surface area contributed by atoms with Gasteiger partial charge in [0.1, 0.15) is 5.01 Å². The third kappa shape index (κ3) is 1.66. The van der Waals surface area contributed by atoms with Crippen LogP contribution in [0.15, 0.2) is 29.6 Å². The predicted molar refractivity (Wildman–Crippen MR) is 70.1 cm³/mol. The Labute approximate surface area is 103 Å². The van der Waals surface area contributed by atoms with Crippen molar-refractivity contribution in [3.63, 3.8) is 0 Å². The van der Waals surface area contributed by atoms with E-state index < -0.39 is 0 Å². The minimum atomic E-state index is 0.00602. The van der Waals surface area contributed by atoms with Crippen LogP contribution in [0.25, 0.3) is 22.2 Å². The predicted octanol–water partition coefficient (Wildman–Crippen LogP) is 3.09. The molecule has 0 amide bonds. The zero-order chi connectivity index (χ0) is 11.8. The van der Waals surface area contributed by atoms with E-state index in [9.17, 15) is 0 Å². The Balaban J connectivity index is 2.25. The van der Waals surface area contributed by atoms with Gasteiger partial charge in [0.15, 0.2) is 0 Å². The lowest BCUT2D eigenvalue weighted by atomic mass is 10.1. The highest BCUT2D eigenvalue weighted by molar-refractivity contribution is 7.09. The molecule has 1 aromatic carbocycles. The number of nitrogens with zero attached hydrogens (tertiary/aromatic N) is 1. The van der Waals surface area contributed by atoms with E-state index in [1.807, 2.05) is 24.4 Å². The fourth-order valence-electron chi connectivity index (χ4n) is 2.11. The fraction of sp³-hybridized carbons (Fsp3) is 0.154. The van der Waals surface area contributed by atoms with Gasteiger partial charge in [0.2, 0.25) is 0 Å². The average Bonchev–Trinajstić information content (AvgIpc) is 2.91. The van der Waals surface area contributed by atoms with Crippen LogP contribution in [0.3, 0.4) is 0 Å². The normalized spacial score (nSPS) is 11.2. The van der Waals surface area contributed by atoms with Crippen molar-refractivity contribution in [2.24, 2.45) is 0 Å². The number of benzene rings is 1. The van der Waals surface area contributed by atoms with Crippen molar-refractivity contribution in [1.29, 1.82) is 0 Å². The zero-order valence-electron chi connectivity index (χ0n) is 9.40. The molecule has 0 fully saturated rings. The lowest BCUT2D eigenvalue weighted by molar-refractivity contribution is 0.281. The van der Waals surface area contributed by atoms with Crippen molar-refractivity contribution in [2.45, 2.75) is 13.5 Å². The highest BCUT2D eigenvalue weighted by atomic mass is 32.1. The highest BCUT2D eigenvalue weighted by Gasteiger charge is 2.12. The van der Waals surface area contributed by atoms with Gasteiger partial charge in [-0.05, 0) is 13.0 Å². The topological polar surface area (TPSA) is 48.9 Å². The van der Waals surface area contributed by atoms with Crippen LogP contribution in [-0.2, 0) is 6.61 Å². The van der Waals surface area contributed by atoms with Crippen molar-refractivity contribution in [3.05, 3.63) is 40.3 Å². The Bertz CT molecular complexity index is 669. The van der Waals surface area contributed by atoms with E-state index in [1.54, 1.807) is 0 Å². The van der Waals surface area contributed by atoms with E-state index >= 15 is 0 Å². The van der Waals surface area contributed by atoms with E-state index in [2.05, 4.69) is 22.1 Å². The number of fused-ring (bicyclic) bond motifs is 1. The molecule has 0 unspecified atom stereocenters. The average molecular weight is 244 g/mol. The molecule has 3 rings (SSSR count). The van der Waals surface area contributed by atoms with Gasteiger partial charge in [0, 0.05) is 27.5 Å². The Morgan fingerprint density at radius 1 is 1.35 bits per heavy atom. The smallest absolute Gasteiger partial charge is 0.119 e. The summed E-state index contributed by atoms with van der Waals surface area (Å²) in [5, 5.41) is 13.0. The standard InChI is InChI=1S/C13H12N2OS/c1-8-13(11-7-17-12(6-16)15-11)9-4-2-3-5-10(9)14-8/h2-5,7,14,16H,6H2,1H3. The van der Waals surface area contributed by atoms with Crippen molar-refractivity contribution in [2.75, 3.05) is 0 Å². The molecule has 2 N–H and O–H groups in total. The molecule has 4 heteroatoms. The monoisotopic (exact) mass is 244 g/mol. The molecule has 3 aromatic rings. The molecule has 17 heavy (non-hydrogen) atoms. The number of aliphatic hydroxyl groups excluding tert-OH is 1. The maximum Gasteiger partial charge on any atom is 0.119 e. The number of thiazole rings is 1. The number of hydrogen-bond donors (Lipinski definition) is 2. The Morgan fingerprint density at radius 2 is 2.18 bits per heavy atom. The molecule has 2 aromatic heterocycles. The Hall–Kier alpha value is -1.65. The van der Waals surface area contributed by atoms with Crippen LogP contribution in [-0.4, -0.2) is 15.1 Å². The number of hydrogen-bond acceptors (Lipinski definition) is 3. The van der Waals surface area contributed by atoms with Crippen LogP contribution < -0.4 is 0 Å². The lowest BCUT2D eigenvalue weighted by Gasteiger charge is -1.96. The number of aromatic amines is 1. The van der Waals surface area contributed by atoms with Crippen molar-refractivity contribution in [1.82, 2.24) is 9.97 Å². The third-order valence-corrected chi connectivity index (χ3v) is 3.67. The minimum Gasteiger partial charge on any atom is -0.389 e. The van der Waals surface area contributed by atoms with E-state index in [0.717, 1.165) is 27.5 Å². The molecule has 0 bridgehead atoms. The first-order valence-corrected chi connectivity index (χ1v) is 6.30. The molecular weight excluding hydrogens is 232 g/mol. The molecule has 3 nitrogen and oxygen atoms in total. The molecule has 2 heterocycles. The number of aryl methyl sites for hydroxylation is 1. The zero-order valence-corrected chi connectivity index (χ0v) is 10.2. The molecule has 0 atom stereocenters. The summed E-state index contributed by atoms with van der Waals surface area (Å²) in [6.45, 7) is 2.05. The van der Waals surface area contributed by atoms with E-state index in [1.165, 1.54) is 16.7 Å². The number of H-pyrrole nitrogens is 1. The first kappa shape index (κ1) is 10.5. The largest absolute Gasteiger partial charge is 0.389 e. The van der Waals surface area contributed by atoms with Crippen LogP contribution >= 0.6 is 11.3 Å². The SMILES string of the molecule is Cc1[nH]c2ccccc2c1-c1csc(CO)n1. The van der Waals surface area contributed by atoms with Crippen LogP contribution in [0.4, 0.5) is 0 Å². The van der Waals surface area contributed by atoms with Crippen molar-refractivity contribution in [3.8, 4) is 11.3 Å². The fourth-order valence-corrected chi connectivity index (χ4v) is 2.75. The van der Waals surface area contributed by atoms with Crippen molar-refractivity contribution < 1.29 is 5.11 Å². The molecule has 0 radical (unpaired) electrons. The molecule has 0 spiro atoms. The second-order valence-electron chi connectivity index (χ2n) is 3.96. The summed E-state index contributed by atoms with van der Waals surface area (Å²) in [6, 6.07) is 8.19. The first-order chi connectivity index (χ1) is 8.29. The lowest BCUT2D eigenvalue weighted by Crippen LogP contribution is -1.83. The van der Waals surface area contributed by atoms with Gasteiger partial charge >= 0.3 is 0 Å². The number of rotatable bonds is 2. The van der Waals surface area contributed by atoms with Gasteiger partial charge in [-0.25, -0.2) is 4.98 Å². The molecule has 0 saturated carbocycles. The molecule has 0 saturated heterocycles. The summed E-state index contributed by atoms with van der Waals surface area (Å²) in [5.41, 5.74) is 4.31. The van der Waals surface area contributed by atoms with E-state index in [-0.39, 0.29) is 6.61 Å². The van der Waals surface area contributed by atoms with Gasteiger partial charge in [-0.3, -0.25) is 0 Å². The van der Waals surface area contributed by atoms with E-state index in [0.29, 0.717) is 0 Å². The summed E-state index contributed by atoms with van der Waals surface area (Å²) in [7, 11) is 0. The molecule has 0 aliphatic carbocycles. The second kappa shape index (κ2) is 3.98. The minimum absolute atomic E-state index is 0.00602. The summed E-state index contributed by atoms with van der Waals surface area (Å²) in [5.74, 6) is 0. The van der Waals surface area contributed by atoms with Gasteiger partial charge in [-0.2, -0.15) is 0 Å². The Kier molecular flexibility index (Phi) is 2.46. The van der Waals surface area contributed by atoms with Crippen LogP contribution in [0.1, 0.15) is 10.7 Å². The van der Waals surface area contributed by atoms with Gasteiger partial charge in [0.05, 0.1) is 12.3 Å². The highest BCUT2D eigenvalue weighted by Crippen LogP contribution is 2.32. The molecular formula is C13H12N2OS. The number of aliphatic hydroxyl groups is 1. The van der Waals surface area contributed by atoms with Gasteiger partial charge in [-0.15, -0.1) is 11.3 Å². The summed E-state index contributed by atoms with van der Waals surface area (Å²) >= 11 is 1.49. The van der Waals surface area contributed by atoms with Crippen LogP contribution in [0, 0.1) is 6.92 Å². The number of nitrogens with one attached hydrogen (secondary N) is 1. The molecule has 0 aliphatic rings. The van der Waals surface area contributed by atoms with Crippen molar-refractivity contribution >= 4 is 22.2 Å². The second-order valence-corrected chi connectivity index (χ2v) is 4.90. The van der Waals surface area contributed by atoms with E-state index in [4.69, 9.17) is 5.11 Å². The third-order valence-electron chi connectivity index (χ3n) is 2.84. The Morgan fingerprint density at radius 3 is 2.94 bits per heavy atom. The van der Waals surface area contributed by atoms with Gasteiger partial charge in [-0.1, -0.05) is 18.2 Å². The maximum absolute atomic E-state index is 9.07. The quantitative estimate of drug-likeness (QED) is 0.727. The number of aromatic nitrogens is 2. The summed E-state index contributed by atoms with van der Waals surface area (Å²) in [6.07, 6.45) is 0. The summed E-state index contributed by atoms with van der Waals surface area (Å²) in [4.78, 5) is 7.79. The van der Waals surface area contributed by atoms with Gasteiger partial charge < -0.3 is 10.1 Å².